The second-order valence-corrected chi connectivity index (χ2v) is 1.78. The third-order valence-corrected chi connectivity index (χ3v) is 0.848. The van der Waals surface area contributed by atoms with Gasteiger partial charge < -0.3 is 10.1 Å². The van der Waals surface area contributed by atoms with Gasteiger partial charge in [-0.1, -0.05) is 20.8 Å². The van der Waals surface area contributed by atoms with Crippen molar-refractivity contribution in [2.24, 2.45) is 0 Å². The molecule has 0 saturated carbocycles. The fourth-order valence-corrected chi connectivity index (χ4v) is 0.447. The first-order valence-corrected chi connectivity index (χ1v) is 4.07. The molecule has 0 saturated heterocycles. The van der Waals surface area contributed by atoms with E-state index in [4.69, 9.17) is 0 Å². The molecule has 0 spiro atoms. The quantitative estimate of drug-likeness (QED) is 0.681. The number of hydrogen-bond donors (Lipinski definition) is 1. The van der Waals surface area contributed by atoms with E-state index < -0.39 is 0 Å². The number of carbonyl (C=O) groups excluding carboxylic acids is 1. The zero-order chi connectivity index (χ0) is 9.11. The van der Waals surface area contributed by atoms with Crippen LogP contribution in [0.25, 0.3) is 0 Å². The van der Waals surface area contributed by atoms with Gasteiger partial charge in [0.05, 0.1) is 0 Å². The molecule has 0 aromatic heterocycles. The fourth-order valence-electron chi connectivity index (χ4n) is 0.447. The Morgan fingerprint density at radius 1 is 1.55 bits per heavy atom. The number of methoxy groups -OCH3 is 1. The van der Waals surface area contributed by atoms with Crippen LogP contribution in [0.3, 0.4) is 0 Å². The van der Waals surface area contributed by atoms with Gasteiger partial charge in [-0.25, -0.2) is 0 Å². The molecule has 0 radical (unpaired) electrons. The monoisotopic (exact) mass is 163 g/mol. The van der Waals surface area contributed by atoms with E-state index in [9.17, 15) is 4.79 Å². The van der Waals surface area contributed by atoms with Gasteiger partial charge in [0.1, 0.15) is 6.61 Å². The van der Waals surface area contributed by atoms with Crippen LogP contribution < -0.4 is 5.32 Å². The first-order chi connectivity index (χ1) is 5.31. The minimum absolute atomic E-state index is 0. The van der Waals surface area contributed by atoms with Crippen molar-refractivity contribution in [3.05, 3.63) is 0 Å². The summed E-state index contributed by atoms with van der Waals surface area (Å²) in [6.07, 6.45) is 0.968. The summed E-state index contributed by atoms with van der Waals surface area (Å²) in [5.41, 5.74) is 0. The molecule has 0 aromatic carbocycles. The molecule has 0 aliphatic rings. The Kier molecular flexibility index (Phi) is 14.4. The van der Waals surface area contributed by atoms with Crippen LogP contribution in [-0.4, -0.2) is 26.2 Å². The molecule has 11 heavy (non-hydrogen) atoms. The molecule has 0 aromatic rings. The molecule has 0 unspecified atom stereocenters. The predicted octanol–water partition coefficient (Wildman–Crippen LogP) is 1.43. The first kappa shape index (κ1) is 13.1. The lowest BCUT2D eigenvalue weighted by Gasteiger charge is -1.99. The van der Waals surface area contributed by atoms with Gasteiger partial charge in [0.2, 0.25) is 5.91 Å². The number of ether oxygens (including phenoxy) is 1. The van der Waals surface area contributed by atoms with E-state index >= 15 is 0 Å². The van der Waals surface area contributed by atoms with Crippen molar-refractivity contribution in [1.82, 2.24) is 5.32 Å². The Labute approximate surface area is 70.6 Å². The maximum absolute atomic E-state index is 10.6. The van der Waals surface area contributed by atoms with Crippen molar-refractivity contribution in [1.29, 1.82) is 0 Å². The third-order valence-electron chi connectivity index (χ3n) is 0.848. The lowest BCUT2D eigenvalue weighted by Crippen LogP contribution is -2.27. The highest BCUT2D eigenvalue weighted by Crippen LogP contribution is 1.71. The van der Waals surface area contributed by atoms with Crippen LogP contribution in [0, 0.1) is 0 Å². The number of carbonyl (C=O) groups is 1. The van der Waals surface area contributed by atoms with Gasteiger partial charge in [-0.05, 0) is 6.42 Å². The average molecular weight is 163 g/mol. The van der Waals surface area contributed by atoms with Crippen molar-refractivity contribution >= 4 is 5.91 Å². The molecular formula is C8H21NO2. The summed E-state index contributed by atoms with van der Waals surface area (Å²) in [6, 6.07) is 0. The van der Waals surface area contributed by atoms with E-state index in [2.05, 4.69) is 10.1 Å². The molecule has 0 atom stereocenters. The molecule has 0 aliphatic carbocycles. The summed E-state index contributed by atoms with van der Waals surface area (Å²) in [5, 5.41) is 2.67. The highest BCUT2D eigenvalue weighted by Gasteiger charge is 1.94. The molecule has 3 nitrogen and oxygen atoms in total. The van der Waals surface area contributed by atoms with Gasteiger partial charge in [0.15, 0.2) is 0 Å². The Balaban J connectivity index is -0.000000249. The summed E-state index contributed by atoms with van der Waals surface area (Å²) < 4.78 is 4.59. The molecule has 0 fully saturated rings. The van der Waals surface area contributed by atoms with E-state index in [0.29, 0.717) is 0 Å². The predicted molar refractivity (Wildman–Crippen MR) is 48.6 cm³/mol. The average Bonchev–Trinajstić information content (AvgIpc) is 2.05. The smallest absolute Gasteiger partial charge is 0.245 e. The molecule has 1 amide bonds. The second-order valence-electron chi connectivity index (χ2n) is 1.78. The molecule has 0 heterocycles. The standard InChI is InChI=1S/C6H13NO2.C2H6.H2/c1-3-4-7-6(8)5-9-2;1-2;/h3-5H2,1-2H3,(H,7,8);1-2H3;1H. The van der Waals surface area contributed by atoms with Crippen LogP contribution in [0.4, 0.5) is 0 Å². The van der Waals surface area contributed by atoms with E-state index in [0.717, 1.165) is 13.0 Å². The Morgan fingerprint density at radius 3 is 2.45 bits per heavy atom. The van der Waals surface area contributed by atoms with Gasteiger partial charge in [-0.2, -0.15) is 0 Å². The van der Waals surface area contributed by atoms with Crippen molar-refractivity contribution in [3.8, 4) is 0 Å². The molecule has 3 heteroatoms. The summed E-state index contributed by atoms with van der Waals surface area (Å²) in [6.45, 7) is 6.91. The lowest BCUT2D eigenvalue weighted by molar-refractivity contribution is -0.124. The van der Waals surface area contributed by atoms with Crippen LogP contribution >= 0.6 is 0 Å². The van der Waals surface area contributed by atoms with E-state index in [1.165, 1.54) is 7.11 Å². The number of rotatable bonds is 4. The molecule has 0 aliphatic heterocycles. The fraction of sp³-hybridized carbons (Fsp3) is 0.875. The van der Waals surface area contributed by atoms with Crippen LogP contribution in [0.5, 0.6) is 0 Å². The highest BCUT2D eigenvalue weighted by molar-refractivity contribution is 5.77. The molecular weight excluding hydrogens is 142 g/mol. The third kappa shape index (κ3) is 12.6. The van der Waals surface area contributed by atoms with Gasteiger partial charge >= 0.3 is 0 Å². The van der Waals surface area contributed by atoms with Crippen molar-refractivity contribution in [2.75, 3.05) is 20.3 Å². The number of nitrogens with one attached hydrogen (secondary N) is 1. The van der Waals surface area contributed by atoms with Crippen molar-refractivity contribution in [2.45, 2.75) is 27.2 Å². The number of amides is 1. The van der Waals surface area contributed by atoms with E-state index in [1.807, 2.05) is 20.8 Å². The Hall–Kier alpha value is -0.570. The summed E-state index contributed by atoms with van der Waals surface area (Å²) >= 11 is 0. The van der Waals surface area contributed by atoms with Crippen LogP contribution in [0.2, 0.25) is 0 Å². The highest BCUT2D eigenvalue weighted by atomic mass is 16.5. The lowest BCUT2D eigenvalue weighted by atomic mass is 10.5. The Morgan fingerprint density at radius 2 is 2.09 bits per heavy atom. The first-order valence-electron chi connectivity index (χ1n) is 4.07. The largest absolute Gasteiger partial charge is 0.375 e. The molecule has 0 rings (SSSR count). The SMILES string of the molecule is CC.CCCNC(=O)COC.[HH]. The minimum atomic E-state index is -0.0423. The van der Waals surface area contributed by atoms with Gasteiger partial charge in [-0.15, -0.1) is 0 Å². The summed E-state index contributed by atoms with van der Waals surface area (Å²) in [7, 11) is 1.51. The zero-order valence-corrected chi connectivity index (χ0v) is 7.94. The zero-order valence-electron chi connectivity index (χ0n) is 7.94. The van der Waals surface area contributed by atoms with Gasteiger partial charge in [-0.3, -0.25) is 4.79 Å². The topological polar surface area (TPSA) is 38.3 Å². The number of hydrogen-bond acceptors (Lipinski definition) is 2. The molecule has 70 valence electrons. The van der Waals surface area contributed by atoms with Gasteiger partial charge in [0.25, 0.3) is 0 Å². The maximum Gasteiger partial charge on any atom is 0.245 e. The van der Waals surface area contributed by atoms with E-state index in [1.54, 1.807) is 0 Å². The van der Waals surface area contributed by atoms with Gasteiger partial charge in [0, 0.05) is 15.1 Å². The molecule has 0 bridgehead atoms. The summed E-state index contributed by atoms with van der Waals surface area (Å²) in [4.78, 5) is 10.6. The maximum atomic E-state index is 10.6. The molecule has 1 N–H and O–H groups in total. The van der Waals surface area contributed by atoms with Crippen molar-refractivity contribution < 1.29 is 11.0 Å². The van der Waals surface area contributed by atoms with E-state index in [-0.39, 0.29) is 13.9 Å². The minimum Gasteiger partial charge on any atom is -0.375 e. The van der Waals surface area contributed by atoms with Crippen molar-refractivity contribution in [3.63, 3.8) is 0 Å². The normalized spacial score (nSPS) is 8.00. The summed E-state index contributed by atoms with van der Waals surface area (Å²) in [5.74, 6) is -0.0423. The van der Waals surface area contributed by atoms with Crippen LogP contribution in [-0.2, 0) is 9.53 Å². The Bertz CT molecular complexity index is 89.1. The van der Waals surface area contributed by atoms with Crippen LogP contribution in [0.1, 0.15) is 28.6 Å². The van der Waals surface area contributed by atoms with Crippen LogP contribution in [0.15, 0.2) is 0 Å². The second kappa shape index (κ2) is 12.1.